The summed E-state index contributed by atoms with van der Waals surface area (Å²) >= 11 is 0. The first-order valence-corrected chi connectivity index (χ1v) is 5.17. The van der Waals surface area contributed by atoms with Crippen molar-refractivity contribution in [3.05, 3.63) is 0 Å². The fourth-order valence-corrected chi connectivity index (χ4v) is 1.40. The average molecular weight is 196 g/mol. The van der Waals surface area contributed by atoms with E-state index >= 15 is 0 Å². The third kappa shape index (κ3) is 4.10. The molecule has 0 aromatic carbocycles. The molecular formula is C11H20N2O. The minimum atomic E-state index is -0.188. The van der Waals surface area contributed by atoms with Crippen LogP contribution in [0.2, 0.25) is 0 Å². The zero-order valence-corrected chi connectivity index (χ0v) is 9.18. The Morgan fingerprint density at radius 1 is 1.43 bits per heavy atom. The van der Waals surface area contributed by atoms with Crippen LogP contribution in [-0.2, 0) is 4.74 Å². The van der Waals surface area contributed by atoms with E-state index in [0.29, 0.717) is 0 Å². The lowest BCUT2D eigenvalue weighted by atomic mass is 10.1. The van der Waals surface area contributed by atoms with Gasteiger partial charge in [-0.3, -0.25) is 4.90 Å². The largest absolute Gasteiger partial charge is 0.379 e. The van der Waals surface area contributed by atoms with Gasteiger partial charge in [0.2, 0.25) is 0 Å². The van der Waals surface area contributed by atoms with Crippen molar-refractivity contribution in [2.45, 2.75) is 19.4 Å². The number of terminal acetylenes is 1. The Morgan fingerprint density at radius 2 is 2.07 bits per heavy atom. The molecule has 0 unspecified atom stereocenters. The summed E-state index contributed by atoms with van der Waals surface area (Å²) in [6, 6.07) is 0. The highest BCUT2D eigenvalue weighted by molar-refractivity contribution is 5.07. The molecule has 3 nitrogen and oxygen atoms in total. The van der Waals surface area contributed by atoms with Crippen molar-refractivity contribution in [1.82, 2.24) is 10.2 Å². The van der Waals surface area contributed by atoms with Crippen molar-refractivity contribution >= 4 is 0 Å². The third-order valence-corrected chi connectivity index (χ3v) is 2.46. The van der Waals surface area contributed by atoms with E-state index in [1.165, 1.54) is 0 Å². The molecule has 0 aromatic rings. The smallest absolute Gasteiger partial charge is 0.0741 e. The van der Waals surface area contributed by atoms with Gasteiger partial charge in [0.15, 0.2) is 0 Å². The Morgan fingerprint density at radius 3 is 2.64 bits per heavy atom. The second-order valence-corrected chi connectivity index (χ2v) is 4.15. The SMILES string of the molecule is C#CC(C)(C)NCCN1CCOCC1. The van der Waals surface area contributed by atoms with Crippen molar-refractivity contribution in [3.63, 3.8) is 0 Å². The van der Waals surface area contributed by atoms with Crippen LogP contribution in [0.4, 0.5) is 0 Å². The average Bonchev–Trinajstić information content (AvgIpc) is 2.19. The summed E-state index contributed by atoms with van der Waals surface area (Å²) in [7, 11) is 0. The van der Waals surface area contributed by atoms with Crippen LogP contribution < -0.4 is 5.32 Å². The lowest BCUT2D eigenvalue weighted by Gasteiger charge is -2.28. The third-order valence-electron chi connectivity index (χ3n) is 2.46. The Balaban J connectivity index is 2.12. The van der Waals surface area contributed by atoms with E-state index in [4.69, 9.17) is 11.2 Å². The molecule has 3 heteroatoms. The summed E-state index contributed by atoms with van der Waals surface area (Å²) in [6.45, 7) is 9.83. The highest BCUT2D eigenvalue weighted by atomic mass is 16.5. The lowest BCUT2D eigenvalue weighted by Crippen LogP contribution is -2.45. The van der Waals surface area contributed by atoms with E-state index in [1.54, 1.807) is 0 Å². The van der Waals surface area contributed by atoms with Crippen LogP contribution in [0.1, 0.15) is 13.8 Å². The van der Waals surface area contributed by atoms with Gasteiger partial charge in [0.1, 0.15) is 0 Å². The van der Waals surface area contributed by atoms with Gasteiger partial charge in [-0.2, -0.15) is 0 Å². The molecule has 80 valence electrons. The van der Waals surface area contributed by atoms with E-state index in [9.17, 15) is 0 Å². The van der Waals surface area contributed by atoms with Gasteiger partial charge in [0, 0.05) is 26.2 Å². The molecule has 1 fully saturated rings. The summed E-state index contributed by atoms with van der Waals surface area (Å²) in [5, 5.41) is 3.34. The maximum Gasteiger partial charge on any atom is 0.0741 e. The molecule has 0 saturated carbocycles. The van der Waals surface area contributed by atoms with E-state index in [-0.39, 0.29) is 5.54 Å². The maximum atomic E-state index is 5.38. The highest BCUT2D eigenvalue weighted by Gasteiger charge is 2.14. The van der Waals surface area contributed by atoms with Gasteiger partial charge < -0.3 is 10.1 Å². The zero-order valence-electron chi connectivity index (χ0n) is 9.18. The molecule has 0 spiro atoms. The standard InChI is InChI=1S/C11H20N2O/c1-4-11(2,3)12-5-6-13-7-9-14-10-8-13/h1,12H,5-10H2,2-3H3. The number of morpholine rings is 1. The number of hydrogen-bond acceptors (Lipinski definition) is 3. The number of nitrogens with zero attached hydrogens (tertiary/aromatic N) is 1. The number of rotatable bonds is 4. The predicted octanol–water partition coefficient (Wildman–Crippen LogP) is 0.320. The summed E-state index contributed by atoms with van der Waals surface area (Å²) in [5.74, 6) is 2.72. The normalized spacial score (nSPS) is 19.2. The first kappa shape index (κ1) is 11.5. The van der Waals surface area contributed by atoms with Crippen LogP contribution in [-0.4, -0.2) is 49.8 Å². The van der Waals surface area contributed by atoms with Gasteiger partial charge in [-0.25, -0.2) is 0 Å². The second kappa shape index (κ2) is 5.35. The molecule has 0 radical (unpaired) electrons. The molecule has 0 amide bonds. The monoisotopic (exact) mass is 196 g/mol. The molecule has 14 heavy (non-hydrogen) atoms. The first-order chi connectivity index (χ1) is 6.64. The number of hydrogen-bond donors (Lipinski definition) is 1. The number of nitrogens with one attached hydrogen (secondary N) is 1. The summed E-state index contributed by atoms with van der Waals surface area (Å²) in [4.78, 5) is 2.39. The topological polar surface area (TPSA) is 24.5 Å². The van der Waals surface area contributed by atoms with Crippen molar-refractivity contribution in [3.8, 4) is 12.3 Å². The Bertz CT molecular complexity index is 202. The quantitative estimate of drug-likeness (QED) is 0.655. The molecule has 0 aromatic heterocycles. The van der Waals surface area contributed by atoms with E-state index in [1.807, 2.05) is 13.8 Å². The molecule has 0 bridgehead atoms. The summed E-state index contributed by atoms with van der Waals surface area (Å²) in [5.41, 5.74) is -0.188. The molecular weight excluding hydrogens is 176 g/mol. The molecule has 1 rings (SSSR count). The number of ether oxygens (including phenoxy) is 1. The fourth-order valence-electron chi connectivity index (χ4n) is 1.40. The Labute approximate surface area is 86.8 Å². The van der Waals surface area contributed by atoms with Crippen LogP contribution in [0.25, 0.3) is 0 Å². The Kier molecular flexibility index (Phi) is 4.40. The molecule has 1 aliphatic heterocycles. The lowest BCUT2D eigenvalue weighted by molar-refractivity contribution is 0.0380. The maximum absolute atomic E-state index is 5.38. The van der Waals surface area contributed by atoms with Crippen LogP contribution in [0.5, 0.6) is 0 Å². The van der Waals surface area contributed by atoms with Gasteiger partial charge in [-0.05, 0) is 13.8 Å². The predicted molar refractivity (Wildman–Crippen MR) is 58.2 cm³/mol. The van der Waals surface area contributed by atoms with Gasteiger partial charge in [-0.15, -0.1) is 6.42 Å². The zero-order chi connectivity index (χ0) is 10.4. The molecule has 0 atom stereocenters. The Hall–Kier alpha value is -0.560. The van der Waals surface area contributed by atoms with Gasteiger partial charge in [0.05, 0.1) is 18.8 Å². The van der Waals surface area contributed by atoms with Crippen LogP contribution >= 0.6 is 0 Å². The van der Waals surface area contributed by atoms with Gasteiger partial charge in [-0.1, -0.05) is 5.92 Å². The van der Waals surface area contributed by atoms with E-state index < -0.39 is 0 Å². The van der Waals surface area contributed by atoms with Crippen LogP contribution in [0.3, 0.4) is 0 Å². The van der Waals surface area contributed by atoms with Crippen molar-refractivity contribution in [2.24, 2.45) is 0 Å². The molecule has 0 aliphatic carbocycles. The summed E-state index contributed by atoms with van der Waals surface area (Å²) in [6.07, 6.45) is 5.38. The van der Waals surface area contributed by atoms with Gasteiger partial charge in [0.25, 0.3) is 0 Å². The molecule has 1 N–H and O–H groups in total. The summed E-state index contributed by atoms with van der Waals surface area (Å²) < 4.78 is 5.27. The highest BCUT2D eigenvalue weighted by Crippen LogP contribution is 1.99. The second-order valence-electron chi connectivity index (χ2n) is 4.15. The van der Waals surface area contributed by atoms with Gasteiger partial charge >= 0.3 is 0 Å². The van der Waals surface area contributed by atoms with Crippen LogP contribution in [0, 0.1) is 12.3 Å². The van der Waals surface area contributed by atoms with Crippen molar-refractivity contribution < 1.29 is 4.74 Å². The van der Waals surface area contributed by atoms with E-state index in [0.717, 1.165) is 39.4 Å². The van der Waals surface area contributed by atoms with Crippen molar-refractivity contribution in [2.75, 3.05) is 39.4 Å². The van der Waals surface area contributed by atoms with Crippen LogP contribution in [0.15, 0.2) is 0 Å². The molecule has 1 heterocycles. The molecule has 1 aliphatic rings. The molecule has 1 saturated heterocycles. The van der Waals surface area contributed by atoms with Crippen molar-refractivity contribution in [1.29, 1.82) is 0 Å². The fraction of sp³-hybridized carbons (Fsp3) is 0.818. The first-order valence-electron chi connectivity index (χ1n) is 5.17. The van der Waals surface area contributed by atoms with E-state index in [2.05, 4.69) is 16.1 Å². The minimum absolute atomic E-state index is 0.188. The minimum Gasteiger partial charge on any atom is -0.379 e.